The first-order valence-corrected chi connectivity index (χ1v) is 5.37. The molecule has 0 bridgehead atoms. The van der Waals surface area contributed by atoms with Gasteiger partial charge in [0.2, 0.25) is 5.91 Å². The molecule has 0 atom stereocenters. The van der Waals surface area contributed by atoms with Gasteiger partial charge in [-0.25, -0.2) is 0 Å². The van der Waals surface area contributed by atoms with E-state index in [0.717, 1.165) is 12.1 Å². The van der Waals surface area contributed by atoms with E-state index in [4.69, 9.17) is 0 Å². The summed E-state index contributed by atoms with van der Waals surface area (Å²) in [6, 6.07) is 8.32. The highest BCUT2D eigenvalue weighted by Crippen LogP contribution is 2.05. The SMILES string of the molecule is CNCc1ccc(C=CCNC(C)=O)cc1. The van der Waals surface area contributed by atoms with Crippen LogP contribution in [0.15, 0.2) is 30.3 Å². The van der Waals surface area contributed by atoms with Gasteiger partial charge in [-0.05, 0) is 18.2 Å². The minimum Gasteiger partial charge on any atom is -0.353 e. The van der Waals surface area contributed by atoms with Crippen LogP contribution in [0.2, 0.25) is 0 Å². The summed E-state index contributed by atoms with van der Waals surface area (Å²) in [5.74, 6) is -0.00554. The second kappa shape index (κ2) is 6.80. The van der Waals surface area contributed by atoms with E-state index < -0.39 is 0 Å². The first-order valence-electron chi connectivity index (χ1n) is 5.37. The van der Waals surface area contributed by atoms with Crippen LogP contribution in [-0.2, 0) is 11.3 Å². The molecule has 0 heterocycles. The van der Waals surface area contributed by atoms with Crippen molar-refractivity contribution in [2.45, 2.75) is 13.5 Å². The molecule has 3 nitrogen and oxygen atoms in total. The molecule has 0 aliphatic heterocycles. The largest absolute Gasteiger partial charge is 0.353 e. The van der Waals surface area contributed by atoms with Gasteiger partial charge < -0.3 is 10.6 Å². The van der Waals surface area contributed by atoms with Crippen molar-refractivity contribution < 1.29 is 4.79 Å². The Bertz CT molecular complexity index is 355. The fourth-order valence-corrected chi connectivity index (χ4v) is 1.35. The third-order valence-electron chi connectivity index (χ3n) is 2.14. The second-order valence-corrected chi connectivity index (χ2v) is 3.61. The molecule has 3 heteroatoms. The lowest BCUT2D eigenvalue weighted by molar-refractivity contribution is -0.118. The summed E-state index contributed by atoms with van der Waals surface area (Å²) >= 11 is 0. The molecule has 0 aliphatic carbocycles. The van der Waals surface area contributed by atoms with E-state index in [2.05, 4.69) is 34.9 Å². The number of carbonyl (C=O) groups excluding carboxylic acids is 1. The molecule has 1 aromatic rings. The molecular formula is C13H18N2O. The number of carbonyl (C=O) groups is 1. The van der Waals surface area contributed by atoms with Gasteiger partial charge in [0.15, 0.2) is 0 Å². The van der Waals surface area contributed by atoms with Gasteiger partial charge in [0.1, 0.15) is 0 Å². The van der Waals surface area contributed by atoms with Crippen molar-refractivity contribution in [3.05, 3.63) is 41.5 Å². The minimum absolute atomic E-state index is 0.00554. The number of amides is 1. The molecule has 0 spiro atoms. The molecule has 0 saturated carbocycles. The third-order valence-corrected chi connectivity index (χ3v) is 2.14. The Morgan fingerprint density at radius 1 is 1.31 bits per heavy atom. The molecule has 0 unspecified atom stereocenters. The summed E-state index contributed by atoms with van der Waals surface area (Å²) in [5.41, 5.74) is 2.41. The number of hydrogen-bond acceptors (Lipinski definition) is 2. The monoisotopic (exact) mass is 218 g/mol. The zero-order chi connectivity index (χ0) is 11.8. The Balaban J connectivity index is 2.45. The smallest absolute Gasteiger partial charge is 0.217 e. The van der Waals surface area contributed by atoms with Crippen LogP contribution in [0, 0.1) is 0 Å². The van der Waals surface area contributed by atoms with Crippen molar-refractivity contribution in [3.8, 4) is 0 Å². The van der Waals surface area contributed by atoms with Gasteiger partial charge in [-0.2, -0.15) is 0 Å². The fourth-order valence-electron chi connectivity index (χ4n) is 1.35. The highest BCUT2D eigenvalue weighted by atomic mass is 16.1. The minimum atomic E-state index is -0.00554. The topological polar surface area (TPSA) is 41.1 Å². The van der Waals surface area contributed by atoms with Gasteiger partial charge in [0.05, 0.1) is 0 Å². The number of nitrogens with one attached hydrogen (secondary N) is 2. The van der Waals surface area contributed by atoms with Crippen LogP contribution in [0.1, 0.15) is 18.1 Å². The highest BCUT2D eigenvalue weighted by molar-refractivity contribution is 5.73. The van der Waals surface area contributed by atoms with E-state index in [-0.39, 0.29) is 5.91 Å². The molecule has 2 N–H and O–H groups in total. The maximum Gasteiger partial charge on any atom is 0.217 e. The summed E-state index contributed by atoms with van der Waals surface area (Å²) in [6.45, 7) is 2.98. The zero-order valence-corrected chi connectivity index (χ0v) is 9.79. The van der Waals surface area contributed by atoms with E-state index in [0.29, 0.717) is 6.54 Å². The molecule has 1 rings (SSSR count). The van der Waals surface area contributed by atoms with E-state index in [9.17, 15) is 4.79 Å². The first-order chi connectivity index (χ1) is 7.72. The van der Waals surface area contributed by atoms with Crippen molar-refractivity contribution in [1.29, 1.82) is 0 Å². The van der Waals surface area contributed by atoms with Gasteiger partial charge in [-0.3, -0.25) is 4.79 Å². The lowest BCUT2D eigenvalue weighted by Gasteiger charge is -2.00. The third kappa shape index (κ3) is 4.75. The lowest BCUT2D eigenvalue weighted by atomic mass is 10.1. The van der Waals surface area contributed by atoms with Crippen molar-refractivity contribution >= 4 is 12.0 Å². The fraction of sp³-hybridized carbons (Fsp3) is 0.308. The summed E-state index contributed by atoms with van der Waals surface area (Å²) in [4.78, 5) is 10.6. The summed E-state index contributed by atoms with van der Waals surface area (Å²) in [6.07, 6.45) is 3.94. The quantitative estimate of drug-likeness (QED) is 0.787. The summed E-state index contributed by atoms with van der Waals surface area (Å²) in [7, 11) is 1.93. The average Bonchev–Trinajstić information content (AvgIpc) is 2.27. The molecule has 86 valence electrons. The molecule has 0 aliphatic rings. The zero-order valence-electron chi connectivity index (χ0n) is 9.79. The van der Waals surface area contributed by atoms with Crippen LogP contribution < -0.4 is 10.6 Å². The predicted octanol–water partition coefficient (Wildman–Crippen LogP) is 1.56. The van der Waals surface area contributed by atoms with Crippen LogP contribution in [0.3, 0.4) is 0 Å². The number of hydrogen-bond donors (Lipinski definition) is 2. The molecule has 0 fully saturated rings. The highest BCUT2D eigenvalue weighted by Gasteiger charge is 1.90. The molecular weight excluding hydrogens is 200 g/mol. The Hall–Kier alpha value is -1.61. The molecule has 16 heavy (non-hydrogen) atoms. The van der Waals surface area contributed by atoms with Crippen LogP contribution in [0.5, 0.6) is 0 Å². The Morgan fingerprint density at radius 2 is 2.00 bits per heavy atom. The van der Waals surface area contributed by atoms with Crippen molar-refractivity contribution in [2.24, 2.45) is 0 Å². The van der Waals surface area contributed by atoms with Crippen LogP contribution >= 0.6 is 0 Å². The Morgan fingerprint density at radius 3 is 2.56 bits per heavy atom. The molecule has 0 aromatic heterocycles. The molecule has 1 aromatic carbocycles. The van der Waals surface area contributed by atoms with Crippen LogP contribution in [0.25, 0.3) is 6.08 Å². The molecule has 0 radical (unpaired) electrons. The van der Waals surface area contributed by atoms with Crippen LogP contribution in [0.4, 0.5) is 0 Å². The Labute approximate surface area is 96.6 Å². The van der Waals surface area contributed by atoms with Crippen LogP contribution in [-0.4, -0.2) is 19.5 Å². The Kier molecular flexibility index (Phi) is 5.29. The van der Waals surface area contributed by atoms with Gasteiger partial charge in [-0.15, -0.1) is 0 Å². The van der Waals surface area contributed by atoms with Gasteiger partial charge >= 0.3 is 0 Å². The first kappa shape index (κ1) is 12.5. The van der Waals surface area contributed by atoms with E-state index in [1.54, 1.807) is 0 Å². The van der Waals surface area contributed by atoms with Gasteiger partial charge in [-0.1, -0.05) is 36.4 Å². The standard InChI is InChI=1S/C13H18N2O/c1-11(16)15-9-3-4-12-5-7-13(8-6-12)10-14-2/h3-8,14H,9-10H2,1-2H3,(H,15,16). The number of rotatable bonds is 5. The summed E-state index contributed by atoms with van der Waals surface area (Å²) < 4.78 is 0. The van der Waals surface area contributed by atoms with Gasteiger partial charge in [0.25, 0.3) is 0 Å². The molecule has 0 saturated heterocycles. The molecule has 1 amide bonds. The van der Waals surface area contributed by atoms with Gasteiger partial charge in [0, 0.05) is 20.0 Å². The van der Waals surface area contributed by atoms with Crippen molar-refractivity contribution in [1.82, 2.24) is 10.6 Å². The maximum absolute atomic E-state index is 10.6. The van der Waals surface area contributed by atoms with E-state index >= 15 is 0 Å². The van der Waals surface area contributed by atoms with E-state index in [1.165, 1.54) is 12.5 Å². The normalized spacial score (nSPS) is 10.6. The predicted molar refractivity (Wildman–Crippen MR) is 66.9 cm³/mol. The number of benzene rings is 1. The maximum atomic E-state index is 10.6. The van der Waals surface area contributed by atoms with Crippen molar-refractivity contribution in [3.63, 3.8) is 0 Å². The second-order valence-electron chi connectivity index (χ2n) is 3.61. The summed E-state index contributed by atoms with van der Waals surface area (Å²) in [5, 5.41) is 5.81. The average molecular weight is 218 g/mol. The van der Waals surface area contributed by atoms with E-state index in [1.807, 2.05) is 19.2 Å². The van der Waals surface area contributed by atoms with Crippen molar-refractivity contribution in [2.75, 3.05) is 13.6 Å². The lowest BCUT2D eigenvalue weighted by Crippen LogP contribution is -2.19.